The smallest absolute Gasteiger partial charge is 0.254 e. The van der Waals surface area contributed by atoms with E-state index in [-0.39, 0.29) is 18.0 Å². The number of carbonyl (C=O) groups is 1. The van der Waals surface area contributed by atoms with Crippen molar-refractivity contribution >= 4 is 11.9 Å². The first-order valence-electron chi connectivity index (χ1n) is 3.86. The van der Waals surface area contributed by atoms with Gasteiger partial charge in [0.2, 0.25) is 0 Å². The molecule has 3 N–H and O–H groups in total. The van der Waals surface area contributed by atoms with Gasteiger partial charge in [-0.1, -0.05) is 0 Å². The van der Waals surface area contributed by atoms with Gasteiger partial charge in [-0.05, 0) is 0 Å². The third-order valence-electron chi connectivity index (χ3n) is 2.46. The lowest BCUT2D eigenvalue weighted by Crippen LogP contribution is -2.53. The summed E-state index contributed by atoms with van der Waals surface area (Å²) in [6, 6.07) is 0. The van der Waals surface area contributed by atoms with E-state index in [0.29, 0.717) is 12.8 Å². The zero-order valence-electron chi connectivity index (χ0n) is 6.83. The van der Waals surface area contributed by atoms with Crippen LogP contribution in [0.4, 0.5) is 0 Å². The van der Waals surface area contributed by atoms with Crippen molar-refractivity contribution in [3.8, 4) is 0 Å². The summed E-state index contributed by atoms with van der Waals surface area (Å²) in [5.74, 6) is 0.142. The average Bonchev–Trinajstić information content (AvgIpc) is 2.22. The minimum Gasteiger partial charge on any atom is -0.381 e. The van der Waals surface area contributed by atoms with E-state index in [2.05, 4.69) is 10.3 Å². The van der Waals surface area contributed by atoms with Gasteiger partial charge in [0, 0.05) is 20.0 Å². The molecule has 1 fully saturated rings. The average molecular weight is 169 g/mol. The molecule has 1 spiro atoms. The topological polar surface area (TPSA) is 76.7 Å². The zero-order chi connectivity index (χ0) is 8.77. The molecule has 0 bridgehead atoms. The second kappa shape index (κ2) is 2.20. The van der Waals surface area contributed by atoms with E-state index >= 15 is 0 Å². The number of ether oxygens (including phenoxy) is 1. The standard InChI is InChI=1S/C7H11N3O2/c1-12-4-2-7(3-4)5(11)9-6(8)10-7/h4H,2-3H2,1H3,(H3,8,9,10,11). The molecule has 1 heterocycles. The minimum atomic E-state index is -0.592. The minimum absolute atomic E-state index is 0.0895. The molecule has 1 amide bonds. The van der Waals surface area contributed by atoms with Crippen LogP contribution in [0.15, 0.2) is 4.99 Å². The molecule has 0 radical (unpaired) electrons. The lowest BCUT2D eigenvalue weighted by molar-refractivity contribution is -0.132. The Labute approximate surface area is 70.0 Å². The Morgan fingerprint density at radius 3 is 2.83 bits per heavy atom. The fourth-order valence-corrected chi connectivity index (χ4v) is 1.68. The lowest BCUT2D eigenvalue weighted by Gasteiger charge is -2.38. The van der Waals surface area contributed by atoms with Gasteiger partial charge in [-0.25, -0.2) is 4.99 Å². The first-order chi connectivity index (χ1) is 5.66. The molecule has 12 heavy (non-hydrogen) atoms. The van der Waals surface area contributed by atoms with Gasteiger partial charge >= 0.3 is 0 Å². The van der Waals surface area contributed by atoms with E-state index in [1.165, 1.54) is 0 Å². The Morgan fingerprint density at radius 2 is 2.42 bits per heavy atom. The number of nitrogens with zero attached hydrogens (tertiary/aromatic N) is 1. The van der Waals surface area contributed by atoms with E-state index in [1.807, 2.05) is 0 Å². The van der Waals surface area contributed by atoms with Crippen molar-refractivity contribution in [1.82, 2.24) is 5.32 Å². The number of hydrogen-bond donors (Lipinski definition) is 2. The Morgan fingerprint density at radius 1 is 1.75 bits per heavy atom. The number of nitrogens with two attached hydrogens (primary N) is 1. The van der Waals surface area contributed by atoms with Crippen molar-refractivity contribution in [1.29, 1.82) is 0 Å². The van der Waals surface area contributed by atoms with Gasteiger partial charge in [-0.15, -0.1) is 0 Å². The highest BCUT2D eigenvalue weighted by molar-refractivity contribution is 6.07. The third-order valence-corrected chi connectivity index (χ3v) is 2.46. The first kappa shape index (κ1) is 7.54. The van der Waals surface area contributed by atoms with Crippen LogP contribution in [0.1, 0.15) is 12.8 Å². The predicted octanol–water partition coefficient (Wildman–Crippen LogP) is -1.02. The maximum atomic E-state index is 11.3. The van der Waals surface area contributed by atoms with Crippen LogP contribution >= 0.6 is 0 Å². The maximum Gasteiger partial charge on any atom is 0.254 e. The predicted molar refractivity (Wildman–Crippen MR) is 42.5 cm³/mol. The number of nitrogens with one attached hydrogen (secondary N) is 1. The third kappa shape index (κ3) is 0.828. The summed E-state index contributed by atoms with van der Waals surface area (Å²) in [6.07, 6.45) is 1.46. The van der Waals surface area contributed by atoms with Gasteiger partial charge in [0.15, 0.2) is 5.96 Å². The molecular formula is C7H11N3O2. The summed E-state index contributed by atoms with van der Waals surface area (Å²) >= 11 is 0. The van der Waals surface area contributed by atoms with Gasteiger partial charge in [0.25, 0.3) is 5.91 Å². The van der Waals surface area contributed by atoms with Gasteiger partial charge in [0.1, 0.15) is 5.54 Å². The zero-order valence-corrected chi connectivity index (χ0v) is 6.83. The fraction of sp³-hybridized carbons (Fsp3) is 0.714. The second-order valence-electron chi connectivity index (χ2n) is 3.25. The normalized spacial score (nSPS) is 39.2. The number of hydrogen-bond acceptors (Lipinski definition) is 4. The highest BCUT2D eigenvalue weighted by Gasteiger charge is 2.53. The Hall–Kier alpha value is -1.10. The molecule has 0 aromatic carbocycles. The molecule has 0 saturated heterocycles. The largest absolute Gasteiger partial charge is 0.381 e. The molecule has 2 aliphatic rings. The molecule has 5 heteroatoms. The van der Waals surface area contributed by atoms with E-state index < -0.39 is 5.54 Å². The number of aliphatic imine (C=N–C) groups is 1. The summed E-state index contributed by atoms with van der Waals surface area (Å²) in [7, 11) is 1.64. The first-order valence-corrected chi connectivity index (χ1v) is 3.86. The highest BCUT2D eigenvalue weighted by Crippen LogP contribution is 2.39. The molecule has 0 aromatic heterocycles. The van der Waals surface area contributed by atoms with Gasteiger partial charge in [0.05, 0.1) is 6.10 Å². The molecule has 1 aliphatic carbocycles. The van der Waals surface area contributed by atoms with Crippen LogP contribution in [0, 0.1) is 0 Å². The Bertz CT molecular complexity index is 255. The SMILES string of the molecule is COC1CC2(C1)N=C(N)NC2=O. The van der Waals surface area contributed by atoms with Crippen LogP contribution in [-0.2, 0) is 9.53 Å². The van der Waals surface area contributed by atoms with Gasteiger partial charge in [-0.3, -0.25) is 10.1 Å². The summed E-state index contributed by atoms with van der Waals surface area (Å²) in [5, 5.41) is 2.49. The van der Waals surface area contributed by atoms with Crippen molar-refractivity contribution in [3.05, 3.63) is 0 Å². The van der Waals surface area contributed by atoms with Crippen LogP contribution in [0.2, 0.25) is 0 Å². The van der Waals surface area contributed by atoms with Crippen molar-refractivity contribution in [2.45, 2.75) is 24.5 Å². The molecule has 0 atom stereocenters. The molecule has 5 nitrogen and oxygen atoms in total. The Kier molecular flexibility index (Phi) is 1.38. The van der Waals surface area contributed by atoms with Crippen molar-refractivity contribution < 1.29 is 9.53 Å². The van der Waals surface area contributed by atoms with E-state index in [9.17, 15) is 4.79 Å². The van der Waals surface area contributed by atoms with E-state index in [0.717, 1.165) is 0 Å². The lowest BCUT2D eigenvalue weighted by atomic mass is 9.74. The molecule has 1 aliphatic heterocycles. The van der Waals surface area contributed by atoms with Gasteiger partial charge < -0.3 is 10.5 Å². The van der Waals surface area contributed by atoms with E-state index in [1.54, 1.807) is 7.11 Å². The molecular weight excluding hydrogens is 158 g/mol. The number of amides is 1. The summed E-state index contributed by atoms with van der Waals surface area (Å²) in [6.45, 7) is 0. The fourth-order valence-electron chi connectivity index (χ4n) is 1.68. The van der Waals surface area contributed by atoms with E-state index in [4.69, 9.17) is 10.5 Å². The molecule has 1 saturated carbocycles. The maximum absolute atomic E-state index is 11.3. The van der Waals surface area contributed by atoms with Crippen LogP contribution in [0.25, 0.3) is 0 Å². The summed E-state index contributed by atoms with van der Waals surface area (Å²) in [4.78, 5) is 15.3. The quantitative estimate of drug-likeness (QED) is 0.527. The molecule has 0 unspecified atom stereocenters. The van der Waals surface area contributed by atoms with Gasteiger partial charge in [-0.2, -0.15) is 0 Å². The number of rotatable bonds is 1. The number of carbonyl (C=O) groups excluding carboxylic acids is 1. The highest BCUT2D eigenvalue weighted by atomic mass is 16.5. The molecule has 66 valence electrons. The molecule has 0 aromatic rings. The molecule has 2 rings (SSSR count). The van der Waals surface area contributed by atoms with Crippen LogP contribution < -0.4 is 11.1 Å². The van der Waals surface area contributed by atoms with Crippen molar-refractivity contribution in [2.75, 3.05) is 7.11 Å². The van der Waals surface area contributed by atoms with Crippen LogP contribution in [0.3, 0.4) is 0 Å². The summed E-state index contributed by atoms with van der Waals surface area (Å²) in [5.41, 5.74) is 4.78. The van der Waals surface area contributed by atoms with Crippen LogP contribution in [0.5, 0.6) is 0 Å². The number of guanidine groups is 1. The van der Waals surface area contributed by atoms with Crippen LogP contribution in [-0.4, -0.2) is 30.6 Å². The number of methoxy groups -OCH3 is 1. The Balaban J connectivity index is 2.10. The second-order valence-corrected chi connectivity index (χ2v) is 3.25. The summed E-state index contributed by atoms with van der Waals surface area (Å²) < 4.78 is 5.07. The van der Waals surface area contributed by atoms with Crippen molar-refractivity contribution in [2.24, 2.45) is 10.7 Å². The monoisotopic (exact) mass is 169 g/mol. The van der Waals surface area contributed by atoms with Crippen molar-refractivity contribution in [3.63, 3.8) is 0 Å².